The van der Waals surface area contributed by atoms with Gasteiger partial charge in [-0.15, -0.1) is 0 Å². The van der Waals surface area contributed by atoms with Crippen molar-refractivity contribution >= 4 is 11.9 Å². The van der Waals surface area contributed by atoms with Crippen molar-refractivity contribution in [1.29, 1.82) is 0 Å². The fourth-order valence-electron chi connectivity index (χ4n) is 1.72. The van der Waals surface area contributed by atoms with Crippen molar-refractivity contribution in [2.45, 2.75) is 26.3 Å². The zero-order valence-corrected chi connectivity index (χ0v) is 9.49. The minimum Gasteiger partial charge on any atom is -0.474 e. The molecule has 1 saturated heterocycles. The minimum atomic E-state index is -1.36. The minimum absolute atomic E-state index is 0.0817. The van der Waals surface area contributed by atoms with E-state index in [-0.39, 0.29) is 5.54 Å². The van der Waals surface area contributed by atoms with E-state index in [1.807, 2.05) is 0 Å². The highest BCUT2D eigenvalue weighted by atomic mass is 16.4. The Morgan fingerprint density at radius 3 is 1.87 bits per heavy atom. The Balaban J connectivity index is 2.50. The molecule has 1 N–H and O–H groups in total. The first-order valence-electron chi connectivity index (χ1n) is 5.09. The van der Waals surface area contributed by atoms with Crippen LogP contribution in [0.2, 0.25) is 0 Å². The first-order chi connectivity index (χ1) is 6.82. The van der Waals surface area contributed by atoms with Crippen LogP contribution in [0.5, 0.6) is 0 Å². The predicted molar refractivity (Wildman–Crippen MR) is 55.5 cm³/mol. The molecule has 0 spiro atoms. The second-order valence-electron chi connectivity index (χ2n) is 4.76. The van der Waals surface area contributed by atoms with Crippen LogP contribution in [-0.4, -0.2) is 58.5 Å². The summed E-state index contributed by atoms with van der Waals surface area (Å²) in [6, 6.07) is 0. The number of carboxylic acid groups (broad SMARTS) is 1. The second kappa shape index (κ2) is 4.18. The highest BCUT2D eigenvalue weighted by Gasteiger charge is 2.29. The van der Waals surface area contributed by atoms with Gasteiger partial charge in [-0.2, -0.15) is 0 Å². The molecular formula is C10H18N2O3. The molecule has 0 bridgehead atoms. The van der Waals surface area contributed by atoms with Crippen LogP contribution in [0.1, 0.15) is 20.8 Å². The summed E-state index contributed by atoms with van der Waals surface area (Å²) in [5.74, 6) is -2.15. The molecular weight excluding hydrogens is 196 g/mol. The first-order valence-corrected chi connectivity index (χ1v) is 5.09. The Morgan fingerprint density at radius 1 is 1.07 bits per heavy atom. The molecule has 5 heteroatoms. The molecule has 1 fully saturated rings. The molecule has 0 aromatic heterocycles. The third-order valence-electron chi connectivity index (χ3n) is 2.70. The number of carbonyl (C=O) groups is 2. The summed E-state index contributed by atoms with van der Waals surface area (Å²) in [4.78, 5) is 25.3. The third kappa shape index (κ3) is 2.92. The number of rotatable bonds is 0. The molecule has 1 aliphatic heterocycles. The summed E-state index contributed by atoms with van der Waals surface area (Å²) >= 11 is 0. The molecule has 1 heterocycles. The highest BCUT2D eigenvalue weighted by molar-refractivity contribution is 6.31. The number of carboxylic acids is 1. The normalized spacial score (nSPS) is 19.0. The van der Waals surface area contributed by atoms with E-state index in [1.165, 1.54) is 4.90 Å². The third-order valence-corrected chi connectivity index (χ3v) is 2.70. The fourth-order valence-corrected chi connectivity index (χ4v) is 1.72. The van der Waals surface area contributed by atoms with Crippen molar-refractivity contribution in [2.24, 2.45) is 0 Å². The molecule has 15 heavy (non-hydrogen) atoms. The van der Waals surface area contributed by atoms with Crippen molar-refractivity contribution in [2.75, 3.05) is 26.2 Å². The topological polar surface area (TPSA) is 60.9 Å². The quantitative estimate of drug-likeness (QED) is 0.577. The van der Waals surface area contributed by atoms with Crippen LogP contribution in [-0.2, 0) is 9.59 Å². The lowest BCUT2D eigenvalue weighted by atomic mass is 10.1. The number of hydrogen-bond acceptors (Lipinski definition) is 3. The molecule has 0 saturated carbocycles. The van der Waals surface area contributed by atoms with Gasteiger partial charge in [-0.25, -0.2) is 4.79 Å². The van der Waals surface area contributed by atoms with E-state index in [0.29, 0.717) is 13.1 Å². The van der Waals surface area contributed by atoms with E-state index >= 15 is 0 Å². The predicted octanol–water partition coefficient (Wildman–Crippen LogP) is 0.0137. The molecule has 5 nitrogen and oxygen atoms in total. The molecule has 86 valence electrons. The molecule has 0 atom stereocenters. The van der Waals surface area contributed by atoms with Crippen LogP contribution in [0.15, 0.2) is 0 Å². The zero-order valence-electron chi connectivity index (χ0n) is 9.49. The lowest BCUT2D eigenvalue weighted by Gasteiger charge is -2.41. The van der Waals surface area contributed by atoms with E-state index in [0.717, 1.165) is 13.1 Å². The highest BCUT2D eigenvalue weighted by Crippen LogP contribution is 2.15. The van der Waals surface area contributed by atoms with E-state index in [2.05, 4.69) is 25.7 Å². The monoisotopic (exact) mass is 214 g/mol. The molecule has 1 amide bonds. The van der Waals surface area contributed by atoms with Gasteiger partial charge in [-0.05, 0) is 20.8 Å². The van der Waals surface area contributed by atoms with Gasteiger partial charge in [0.05, 0.1) is 0 Å². The smallest absolute Gasteiger partial charge is 0.394 e. The number of aliphatic carboxylic acids is 1. The summed E-state index contributed by atoms with van der Waals surface area (Å²) in [6.45, 7) is 8.82. The maximum atomic E-state index is 11.2. The van der Waals surface area contributed by atoms with Crippen LogP contribution in [0.3, 0.4) is 0 Å². The van der Waals surface area contributed by atoms with Crippen LogP contribution in [0.25, 0.3) is 0 Å². The van der Waals surface area contributed by atoms with E-state index < -0.39 is 11.9 Å². The maximum absolute atomic E-state index is 11.2. The maximum Gasteiger partial charge on any atom is 0.394 e. The van der Waals surface area contributed by atoms with Crippen LogP contribution in [0.4, 0.5) is 0 Å². The summed E-state index contributed by atoms with van der Waals surface area (Å²) in [7, 11) is 0. The zero-order chi connectivity index (χ0) is 11.6. The number of carbonyl (C=O) groups excluding carboxylic acids is 1. The van der Waals surface area contributed by atoms with Crippen LogP contribution >= 0.6 is 0 Å². The van der Waals surface area contributed by atoms with E-state index in [9.17, 15) is 9.59 Å². The van der Waals surface area contributed by atoms with Crippen molar-refractivity contribution in [3.8, 4) is 0 Å². The SMILES string of the molecule is CC(C)(C)N1CCN(C(=O)C(=O)O)CC1. The first kappa shape index (κ1) is 12.0. The molecule has 0 aromatic carbocycles. The molecule has 0 aromatic rings. The number of hydrogen-bond donors (Lipinski definition) is 1. The standard InChI is InChI=1S/C10H18N2O3/c1-10(2,3)12-6-4-11(5-7-12)8(13)9(14)15/h4-7H2,1-3H3,(H,14,15). The van der Waals surface area contributed by atoms with Crippen molar-refractivity contribution < 1.29 is 14.7 Å². The Morgan fingerprint density at radius 2 is 1.53 bits per heavy atom. The van der Waals surface area contributed by atoms with Gasteiger partial charge in [0.2, 0.25) is 0 Å². The van der Waals surface area contributed by atoms with Gasteiger partial charge in [-0.1, -0.05) is 0 Å². The molecule has 0 unspecified atom stereocenters. The average Bonchev–Trinajstić information content (AvgIpc) is 2.15. The van der Waals surface area contributed by atoms with Crippen LogP contribution in [0, 0.1) is 0 Å². The van der Waals surface area contributed by atoms with Gasteiger partial charge in [0.1, 0.15) is 0 Å². The molecule has 0 radical (unpaired) electrons. The van der Waals surface area contributed by atoms with Gasteiger partial charge in [0.15, 0.2) is 0 Å². The van der Waals surface area contributed by atoms with Gasteiger partial charge in [0, 0.05) is 31.7 Å². The van der Waals surface area contributed by atoms with Gasteiger partial charge < -0.3 is 10.0 Å². The fraction of sp³-hybridized carbons (Fsp3) is 0.800. The van der Waals surface area contributed by atoms with E-state index in [1.54, 1.807) is 0 Å². The summed E-state index contributed by atoms with van der Waals surface area (Å²) in [6.07, 6.45) is 0. The molecule has 0 aliphatic carbocycles. The van der Waals surface area contributed by atoms with Crippen molar-refractivity contribution in [3.63, 3.8) is 0 Å². The van der Waals surface area contributed by atoms with Crippen molar-refractivity contribution in [3.05, 3.63) is 0 Å². The van der Waals surface area contributed by atoms with Gasteiger partial charge in [0.25, 0.3) is 0 Å². The summed E-state index contributed by atoms with van der Waals surface area (Å²) < 4.78 is 0. The lowest BCUT2D eigenvalue weighted by molar-refractivity contribution is -0.157. The second-order valence-corrected chi connectivity index (χ2v) is 4.76. The Hall–Kier alpha value is -1.10. The summed E-state index contributed by atoms with van der Waals surface area (Å²) in [5, 5.41) is 8.56. The van der Waals surface area contributed by atoms with Gasteiger partial charge in [-0.3, -0.25) is 9.69 Å². The number of amides is 1. The van der Waals surface area contributed by atoms with Gasteiger partial charge >= 0.3 is 11.9 Å². The number of nitrogens with zero attached hydrogens (tertiary/aromatic N) is 2. The van der Waals surface area contributed by atoms with Crippen molar-refractivity contribution in [1.82, 2.24) is 9.80 Å². The Bertz CT molecular complexity index is 262. The Kier molecular flexibility index (Phi) is 3.34. The van der Waals surface area contributed by atoms with Crippen LogP contribution < -0.4 is 0 Å². The molecule has 1 aliphatic rings. The Labute approximate surface area is 89.7 Å². The lowest BCUT2D eigenvalue weighted by Crippen LogP contribution is -2.55. The summed E-state index contributed by atoms with van der Waals surface area (Å²) in [5.41, 5.74) is 0.0817. The largest absolute Gasteiger partial charge is 0.474 e. The number of piperazine rings is 1. The van der Waals surface area contributed by atoms with E-state index in [4.69, 9.17) is 5.11 Å². The molecule has 1 rings (SSSR count). The average molecular weight is 214 g/mol.